The molecule has 0 spiro atoms. The van der Waals surface area contributed by atoms with E-state index in [1.54, 1.807) is 0 Å². The Morgan fingerprint density at radius 2 is 1.73 bits per heavy atom. The quantitative estimate of drug-likeness (QED) is 0.445. The first-order chi connectivity index (χ1) is 6.67. The number of halogens is 2. The molecule has 0 heterocycles. The predicted molar refractivity (Wildman–Crippen MR) is 81.2 cm³/mol. The normalized spacial score (nSPS) is 41.2. The Kier molecular flexibility index (Phi) is 3.16. The van der Waals surface area contributed by atoms with Gasteiger partial charge in [0.15, 0.2) is 0 Å². The summed E-state index contributed by atoms with van der Waals surface area (Å²) in [7, 11) is 0. The number of fused-ring (bicyclic) bond motifs is 2. The van der Waals surface area contributed by atoms with Crippen molar-refractivity contribution in [3.8, 4) is 0 Å². The van der Waals surface area contributed by atoms with Gasteiger partial charge >= 0.3 is 0 Å². The molecule has 2 fully saturated rings. The van der Waals surface area contributed by atoms with E-state index in [0.29, 0.717) is 0 Å². The van der Waals surface area contributed by atoms with Crippen LogP contribution in [0.25, 0.3) is 0 Å². The van der Waals surface area contributed by atoms with Crippen LogP contribution in [-0.4, -0.2) is 13.4 Å². The number of hydrogen-bond donors (Lipinski definition) is 0. The molecule has 0 aromatic heterocycles. The molecule has 0 aliphatic heterocycles. The van der Waals surface area contributed by atoms with Gasteiger partial charge in [0, 0.05) is 0 Å². The van der Waals surface area contributed by atoms with Crippen LogP contribution in [0.15, 0.2) is 0 Å². The summed E-state index contributed by atoms with van der Waals surface area (Å²) in [5.74, 6) is 1.06. The first-order valence-electron chi connectivity index (χ1n) is 6.05. The number of rotatable bonds is 2. The van der Waals surface area contributed by atoms with Crippen molar-refractivity contribution >= 4 is 44.0 Å². The van der Waals surface area contributed by atoms with E-state index < -0.39 is 13.4 Å². The summed E-state index contributed by atoms with van der Waals surface area (Å²) in [4.78, 5) is 0. The maximum Gasteiger partial charge on any atom is 0.130 e. The fourth-order valence-electron chi connectivity index (χ4n) is 4.15. The van der Waals surface area contributed by atoms with Crippen LogP contribution in [0.4, 0.5) is 0 Å². The average Bonchev–Trinajstić information content (AvgIpc) is 2.57. The lowest BCUT2D eigenvalue weighted by Gasteiger charge is -2.47. The molecule has 0 radical (unpaired) electrons. The van der Waals surface area contributed by atoms with Gasteiger partial charge in [-0.1, -0.05) is 32.6 Å². The van der Waals surface area contributed by atoms with Crippen molar-refractivity contribution in [2.24, 2.45) is 5.92 Å². The third kappa shape index (κ3) is 1.97. The van der Waals surface area contributed by atoms with Crippen LogP contribution in [0.5, 0.6) is 0 Å². The molecule has 4 heteroatoms. The van der Waals surface area contributed by atoms with Crippen LogP contribution >= 0.6 is 30.6 Å². The SMILES string of the molecule is C[Si](C)(Br)C1CC2CCC1([Si](C)(C)Br)C2. The summed E-state index contributed by atoms with van der Waals surface area (Å²) in [5.41, 5.74) is 1.02. The lowest BCUT2D eigenvalue weighted by molar-refractivity contribution is 0.477. The van der Waals surface area contributed by atoms with Gasteiger partial charge < -0.3 is 0 Å². The Hall–Kier alpha value is 1.39. The summed E-state index contributed by atoms with van der Waals surface area (Å²) in [6.45, 7) is 7.74. The van der Waals surface area contributed by atoms with Gasteiger partial charge in [-0.15, -0.1) is 30.6 Å². The molecule has 2 aliphatic carbocycles. The van der Waals surface area contributed by atoms with Crippen molar-refractivity contribution < 1.29 is 0 Å². The summed E-state index contributed by atoms with van der Waals surface area (Å²) < 4.78 is 0. The lowest BCUT2D eigenvalue weighted by Crippen LogP contribution is -2.43. The van der Waals surface area contributed by atoms with Gasteiger partial charge in [-0.2, -0.15) is 0 Å². The highest BCUT2D eigenvalue weighted by Crippen LogP contribution is 2.74. The first kappa shape index (κ1) is 12.8. The molecule has 3 atom stereocenters. The fourth-order valence-corrected chi connectivity index (χ4v) is 16.3. The Balaban J connectivity index is 2.36. The number of hydrogen-bond acceptors (Lipinski definition) is 0. The zero-order chi connectivity index (χ0) is 11.5. The smallest absolute Gasteiger partial charge is 0.126 e. The van der Waals surface area contributed by atoms with E-state index >= 15 is 0 Å². The molecule has 3 unspecified atom stereocenters. The Labute approximate surface area is 112 Å². The zero-order valence-electron chi connectivity index (χ0n) is 10.2. The van der Waals surface area contributed by atoms with Gasteiger partial charge in [0.2, 0.25) is 0 Å². The van der Waals surface area contributed by atoms with Gasteiger partial charge in [0.1, 0.15) is 13.4 Å². The van der Waals surface area contributed by atoms with Crippen molar-refractivity contribution in [3.63, 3.8) is 0 Å². The second-order valence-electron chi connectivity index (χ2n) is 6.59. The molecule has 88 valence electrons. The summed E-state index contributed by atoms with van der Waals surface area (Å²) in [6.07, 6.45) is 6.07. The van der Waals surface area contributed by atoms with Gasteiger partial charge in [-0.3, -0.25) is 0 Å². The van der Waals surface area contributed by atoms with E-state index in [4.69, 9.17) is 0 Å². The largest absolute Gasteiger partial charge is 0.130 e. The van der Waals surface area contributed by atoms with Gasteiger partial charge in [0.05, 0.1) is 0 Å². The van der Waals surface area contributed by atoms with E-state index in [-0.39, 0.29) is 0 Å². The summed E-state index contributed by atoms with van der Waals surface area (Å²) in [6, 6.07) is 0. The topological polar surface area (TPSA) is 0 Å². The van der Waals surface area contributed by atoms with Crippen molar-refractivity contribution in [2.45, 2.75) is 62.5 Å². The second-order valence-corrected chi connectivity index (χ2v) is 26.4. The minimum atomic E-state index is -1.19. The third-order valence-corrected chi connectivity index (χ3v) is 14.8. The monoisotopic (exact) mass is 368 g/mol. The molecule has 0 amide bonds. The fraction of sp³-hybridized carbons (Fsp3) is 1.00. The summed E-state index contributed by atoms with van der Waals surface area (Å²) in [5, 5.41) is 0.719. The van der Waals surface area contributed by atoms with Crippen LogP contribution < -0.4 is 0 Å². The first-order valence-corrected chi connectivity index (χ1v) is 16.6. The van der Waals surface area contributed by atoms with E-state index in [1.165, 1.54) is 25.7 Å². The lowest BCUT2D eigenvalue weighted by atomic mass is 9.99. The van der Waals surface area contributed by atoms with Gasteiger partial charge in [-0.25, -0.2) is 0 Å². The zero-order valence-corrected chi connectivity index (χ0v) is 15.4. The third-order valence-electron chi connectivity index (χ3n) is 4.90. The van der Waals surface area contributed by atoms with Gasteiger partial charge in [-0.05, 0) is 35.8 Å². The Morgan fingerprint density at radius 1 is 1.13 bits per heavy atom. The molecule has 2 aliphatic rings. The highest BCUT2D eigenvalue weighted by Gasteiger charge is 2.62. The molecule has 0 N–H and O–H groups in total. The molecular weight excluding hydrogens is 348 g/mol. The van der Waals surface area contributed by atoms with Crippen molar-refractivity contribution in [1.29, 1.82) is 0 Å². The maximum absolute atomic E-state index is 4.12. The van der Waals surface area contributed by atoms with Crippen LogP contribution in [-0.2, 0) is 0 Å². The molecule has 2 saturated carbocycles. The minimum absolute atomic E-state index is 0.719. The van der Waals surface area contributed by atoms with Crippen LogP contribution in [0, 0.1) is 5.92 Å². The molecule has 2 bridgehead atoms. The molecule has 0 aromatic rings. The van der Waals surface area contributed by atoms with Crippen molar-refractivity contribution in [1.82, 2.24) is 0 Å². The highest BCUT2D eigenvalue weighted by molar-refractivity contribution is 9.26. The standard InChI is InChI=1S/C11H22Br2Si2/c1-14(2,12)10-7-9-5-6-11(10,8-9)15(3,4)13/h9-10H,5-8H2,1-4H3. The molecule has 0 nitrogen and oxygen atoms in total. The second kappa shape index (κ2) is 3.69. The summed E-state index contributed by atoms with van der Waals surface area (Å²) >= 11 is 8.20. The van der Waals surface area contributed by atoms with E-state index in [1.807, 2.05) is 0 Å². The van der Waals surface area contributed by atoms with Crippen LogP contribution in [0.2, 0.25) is 36.8 Å². The van der Waals surface area contributed by atoms with E-state index in [9.17, 15) is 0 Å². The minimum Gasteiger partial charge on any atom is -0.126 e. The highest BCUT2D eigenvalue weighted by atomic mass is 79.9. The van der Waals surface area contributed by atoms with E-state index in [0.717, 1.165) is 16.5 Å². The predicted octanol–water partition coefficient (Wildman–Crippen LogP) is 5.50. The molecule has 0 saturated heterocycles. The Morgan fingerprint density at radius 3 is 2.07 bits per heavy atom. The molecule has 15 heavy (non-hydrogen) atoms. The molecule has 0 aromatic carbocycles. The maximum atomic E-state index is 4.12. The molecule has 2 rings (SSSR count). The van der Waals surface area contributed by atoms with Gasteiger partial charge in [0.25, 0.3) is 0 Å². The van der Waals surface area contributed by atoms with Crippen LogP contribution in [0.3, 0.4) is 0 Å². The molecular formula is C11H22Br2Si2. The van der Waals surface area contributed by atoms with Crippen molar-refractivity contribution in [3.05, 3.63) is 0 Å². The Bertz CT molecular complexity index is 267. The van der Waals surface area contributed by atoms with E-state index in [2.05, 4.69) is 56.8 Å². The van der Waals surface area contributed by atoms with Crippen LogP contribution in [0.1, 0.15) is 25.7 Å². The average molecular weight is 370 g/mol. The van der Waals surface area contributed by atoms with Crippen molar-refractivity contribution in [2.75, 3.05) is 0 Å².